The van der Waals surface area contributed by atoms with E-state index in [0.717, 1.165) is 37.1 Å². The molecule has 0 saturated carbocycles. The molecule has 0 fully saturated rings. The van der Waals surface area contributed by atoms with E-state index in [9.17, 15) is 4.79 Å². The van der Waals surface area contributed by atoms with Crippen LogP contribution in [0.15, 0.2) is 18.2 Å². The van der Waals surface area contributed by atoms with E-state index in [1.54, 1.807) is 11.3 Å². The number of rotatable bonds is 4. The van der Waals surface area contributed by atoms with Crippen molar-refractivity contribution in [1.82, 2.24) is 4.98 Å². The maximum absolute atomic E-state index is 12.1. The molecule has 1 aromatic heterocycles. The number of thiazole rings is 1. The summed E-state index contributed by atoms with van der Waals surface area (Å²) >= 11 is 1.61. The maximum Gasteiger partial charge on any atom is 0.264 e. The summed E-state index contributed by atoms with van der Waals surface area (Å²) in [6.45, 7) is 2.30. The SMILES string of the molecule is CC1CCc2nc(NC(=O)COc3ccc4c(c3)CCC4)sc2C1. The fourth-order valence-electron chi connectivity index (χ4n) is 3.54. The van der Waals surface area contributed by atoms with Crippen molar-refractivity contribution in [2.45, 2.75) is 45.4 Å². The van der Waals surface area contributed by atoms with Gasteiger partial charge in [0.25, 0.3) is 5.91 Å². The summed E-state index contributed by atoms with van der Waals surface area (Å²) in [5.74, 6) is 1.34. The minimum Gasteiger partial charge on any atom is -0.484 e. The van der Waals surface area contributed by atoms with Crippen LogP contribution in [-0.4, -0.2) is 17.5 Å². The van der Waals surface area contributed by atoms with E-state index in [-0.39, 0.29) is 12.5 Å². The summed E-state index contributed by atoms with van der Waals surface area (Å²) in [6, 6.07) is 6.14. The first-order chi connectivity index (χ1) is 11.7. The molecule has 1 heterocycles. The van der Waals surface area contributed by atoms with Gasteiger partial charge in [0.05, 0.1) is 5.69 Å². The number of benzene rings is 1. The van der Waals surface area contributed by atoms with Crippen molar-refractivity contribution in [3.8, 4) is 5.75 Å². The van der Waals surface area contributed by atoms with Crippen molar-refractivity contribution < 1.29 is 9.53 Å². The molecule has 4 rings (SSSR count). The molecule has 1 atom stereocenters. The van der Waals surface area contributed by atoms with Gasteiger partial charge in [-0.1, -0.05) is 13.0 Å². The monoisotopic (exact) mass is 342 g/mol. The van der Waals surface area contributed by atoms with E-state index in [4.69, 9.17) is 4.74 Å². The normalized spacial score (nSPS) is 18.8. The summed E-state index contributed by atoms with van der Waals surface area (Å²) in [7, 11) is 0. The Kier molecular flexibility index (Phi) is 4.27. The average molecular weight is 342 g/mol. The Morgan fingerprint density at radius 1 is 1.33 bits per heavy atom. The minimum absolute atomic E-state index is 0.0272. The third-order valence-corrected chi connectivity index (χ3v) is 5.91. The predicted molar refractivity (Wildman–Crippen MR) is 95.9 cm³/mol. The number of nitrogens with one attached hydrogen (secondary N) is 1. The molecule has 1 amide bonds. The van der Waals surface area contributed by atoms with Gasteiger partial charge in [-0.25, -0.2) is 4.98 Å². The fourth-order valence-corrected chi connectivity index (χ4v) is 4.72. The van der Waals surface area contributed by atoms with Crippen molar-refractivity contribution >= 4 is 22.4 Å². The molecule has 1 unspecified atom stereocenters. The number of anilines is 1. The lowest BCUT2D eigenvalue weighted by molar-refractivity contribution is -0.118. The predicted octanol–water partition coefficient (Wildman–Crippen LogP) is 3.77. The molecule has 0 saturated heterocycles. The van der Waals surface area contributed by atoms with Crippen molar-refractivity contribution in [3.63, 3.8) is 0 Å². The minimum atomic E-state index is -0.144. The second-order valence-electron chi connectivity index (χ2n) is 6.86. The summed E-state index contributed by atoms with van der Waals surface area (Å²) in [4.78, 5) is 18.0. The molecule has 0 radical (unpaired) electrons. The van der Waals surface area contributed by atoms with E-state index in [1.807, 2.05) is 6.07 Å². The van der Waals surface area contributed by atoms with E-state index in [1.165, 1.54) is 28.8 Å². The highest BCUT2D eigenvalue weighted by atomic mass is 32.1. The Balaban J connectivity index is 1.34. The lowest BCUT2D eigenvalue weighted by Crippen LogP contribution is -2.20. The van der Waals surface area contributed by atoms with Crippen LogP contribution < -0.4 is 10.1 Å². The van der Waals surface area contributed by atoms with Gasteiger partial charge in [0.15, 0.2) is 11.7 Å². The van der Waals surface area contributed by atoms with Crippen LogP contribution in [0.1, 0.15) is 41.5 Å². The topological polar surface area (TPSA) is 51.2 Å². The van der Waals surface area contributed by atoms with Gasteiger partial charge in [0, 0.05) is 4.88 Å². The summed E-state index contributed by atoms with van der Waals surface area (Å²) in [6.07, 6.45) is 6.77. The van der Waals surface area contributed by atoms with Crippen molar-refractivity contribution in [2.24, 2.45) is 5.92 Å². The van der Waals surface area contributed by atoms with Crippen LogP contribution >= 0.6 is 11.3 Å². The quantitative estimate of drug-likeness (QED) is 0.920. The number of carbonyl (C=O) groups is 1. The highest BCUT2D eigenvalue weighted by molar-refractivity contribution is 7.15. The fraction of sp³-hybridized carbons (Fsp3) is 0.474. The number of amides is 1. The van der Waals surface area contributed by atoms with Gasteiger partial charge in [-0.15, -0.1) is 11.3 Å². The number of aromatic nitrogens is 1. The van der Waals surface area contributed by atoms with Crippen LogP contribution in [0.25, 0.3) is 0 Å². The first-order valence-electron chi connectivity index (χ1n) is 8.70. The summed E-state index contributed by atoms with van der Waals surface area (Å²) in [5.41, 5.74) is 3.93. The van der Waals surface area contributed by atoms with Crippen LogP contribution in [0.4, 0.5) is 5.13 Å². The van der Waals surface area contributed by atoms with Gasteiger partial charge in [-0.05, 0) is 67.7 Å². The largest absolute Gasteiger partial charge is 0.484 e. The Labute approximate surface area is 146 Å². The molecule has 1 N–H and O–H groups in total. The molecule has 5 heteroatoms. The van der Waals surface area contributed by atoms with Gasteiger partial charge < -0.3 is 4.74 Å². The number of nitrogens with zero attached hydrogens (tertiary/aromatic N) is 1. The average Bonchev–Trinajstić information content (AvgIpc) is 3.17. The number of hydrogen-bond donors (Lipinski definition) is 1. The third-order valence-electron chi connectivity index (χ3n) is 4.87. The molecule has 0 spiro atoms. The van der Waals surface area contributed by atoms with Crippen LogP contribution in [-0.2, 0) is 30.5 Å². The van der Waals surface area contributed by atoms with Crippen molar-refractivity contribution in [2.75, 3.05) is 11.9 Å². The molecule has 0 bridgehead atoms. The number of hydrogen-bond acceptors (Lipinski definition) is 4. The smallest absolute Gasteiger partial charge is 0.264 e. The molecule has 2 aliphatic rings. The number of aryl methyl sites for hydroxylation is 3. The Bertz CT molecular complexity index is 769. The van der Waals surface area contributed by atoms with Crippen LogP contribution in [0.5, 0.6) is 5.75 Å². The highest BCUT2D eigenvalue weighted by Gasteiger charge is 2.20. The van der Waals surface area contributed by atoms with E-state index < -0.39 is 0 Å². The number of ether oxygens (including phenoxy) is 1. The Hall–Kier alpha value is -1.88. The molecule has 0 aliphatic heterocycles. The molecule has 24 heavy (non-hydrogen) atoms. The zero-order chi connectivity index (χ0) is 16.5. The molecule has 4 nitrogen and oxygen atoms in total. The van der Waals surface area contributed by atoms with E-state index in [0.29, 0.717) is 11.0 Å². The van der Waals surface area contributed by atoms with Gasteiger partial charge >= 0.3 is 0 Å². The number of fused-ring (bicyclic) bond motifs is 2. The van der Waals surface area contributed by atoms with Crippen LogP contribution in [0, 0.1) is 5.92 Å². The van der Waals surface area contributed by atoms with Gasteiger partial charge in [-0.3, -0.25) is 10.1 Å². The lowest BCUT2D eigenvalue weighted by Gasteiger charge is -2.15. The van der Waals surface area contributed by atoms with E-state index in [2.05, 4.69) is 29.4 Å². The molecular weight excluding hydrogens is 320 g/mol. The van der Waals surface area contributed by atoms with Crippen LogP contribution in [0.2, 0.25) is 0 Å². The van der Waals surface area contributed by atoms with Crippen molar-refractivity contribution in [3.05, 3.63) is 39.9 Å². The zero-order valence-electron chi connectivity index (χ0n) is 13.9. The number of carbonyl (C=O) groups excluding carboxylic acids is 1. The highest BCUT2D eigenvalue weighted by Crippen LogP contribution is 2.32. The molecular formula is C19H22N2O2S. The molecule has 2 aliphatic carbocycles. The van der Waals surface area contributed by atoms with Gasteiger partial charge in [0.1, 0.15) is 5.75 Å². The first-order valence-corrected chi connectivity index (χ1v) is 9.52. The summed E-state index contributed by atoms with van der Waals surface area (Å²) < 4.78 is 5.65. The molecule has 126 valence electrons. The standard InChI is InChI=1S/C19H22N2O2S/c1-12-5-8-16-17(9-12)24-19(20-16)21-18(22)11-23-15-7-6-13-3-2-4-14(13)10-15/h6-7,10,12H,2-5,8-9,11H2,1H3,(H,20,21,22). The third kappa shape index (κ3) is 3.31. The first kappa shape index (κ1) is 15.6. The van der Waals surface area contributed by atoms with Crippen molar-refractivity contribution in [1.29, 1.82) is 0 Å². The second-order valence-corrected chi connectivity index (χ2v) is 7.94. The molecule has 1 aromatic carbocycles. The maximum atomic E-state index is 12.1. The van der Waals surface area contributed by atoms with Gasteiger partial charge in [0.2, 0.25) is 0 Å². The van der Waals surface area contributed by atoms with Gasteiger partial charge in [-0.2, -0.15) is 0 Å². The molecule has 2 aromatic rings. The summed E-state index contributed by atoms with van der Waals surface area (Å²) in [5, 5.41) is 3.59. The zero-order valence-corrected chi connectivity index (χ0v) is 14.7. The van der Waals surface area contributed by atoms with E-state index >= 15 is 0 Å². The Morgan fingerprint density at radius 3 is 3.12 bits per heavy atom. The lowest BCUT2D eigenvalue weighted by atomic mass is 9.93. The second kappa shape index (κ2) is 6.55. The van der Waals surface area contributed by atoms with Crippen LogP contribution in [0.3, 0.4) is 0 Å². The Morgan fingerprint density at radius 2 is 2.21 bits per heavy atom.